The number of hydrogen-bond donors (Lipinski definition) is 4. The monoisotopic (exact) mass is 349 g/mol. The molecule has 0 spiro atoms. The van der Waals surface area contributed by atoms with Crippen molar-refractivity contribution in [1.29, 1.82) is 0 Å². The van der Waals surface area contributed by atoms with Crippen molar-refractivity contribution in [2.45, 2.75) is 13.0 Å². The quantitative estimate of drug-likeness (QED) is 0.578. The number of carbonyl (C=O) groups excluding carboxylic acids is 1. The largest absolute Gasteiger partial charge is 0.505 e. The van der Waals surface area contributed by atoms with Gasteiger partial charge in [0.05, 0.1) is 5.69 Å². The molecule has 9 heteroatoms. The Morgan fingerprint density at radius 1 is 1.38 bits per heavy atom. The van der Waals surface area contributed by atoms with Crippen molar-refractivity contribution in [3.05, 3.63) is 51.9 Å². The molecule has 2 aromatic rings. The Kier molecular flexibility index (Phi) is 5.24. The van der Waals surface area contributed by atoms with Gasteiger partial charge in [-0.1, -0.05) is 12.1 Å². The summed E-state index contributed by atoms with van der Waals surface area (Å²) in [6, 6.07) is 6.44. The summed E-state index contributed by atoms with van der Waals surface area (Å²) in [7, 11) is 0. The summed E-state index contributed by atoms with van der Waals surface area (Å²) in [5.41, 5.74) is 0.210. The second-order valence-electron chi connectivity index (χ2n) is 5.01. The van der Waals surface area contributed by atoms with Crippen LogP contribution >= 0.6 is 12.6 Å². The zero-order chi connectivity index (χ0) is 17.9. The minimum Gasteiger partial charge on any atom is -0.505 e. The summed E-state index contributed by atoms with van der Waals surface area (Å²) in [5, 5.41) is 24.8. The maximum Gasteiger partial charge on any atom is 0.327 e. The van der Waals surface area contributed by atoms with Gasteiger partial charge in [0.2, 0.25) is 0 Å². The summed E-state index contributed by atoms with van der Waals surface area (Å²) < 4.78 is 0.956. The minimum atomic E-state index is -1.27. The molecule has 0 aliphatic heterocycles. The Morgan fingerprint density at radius 3 is 2.67 bits per heavy atom. The van der Waals surface area contributed by atoms with Gasteiger partial charge in [-0.3, -0.25) is 9.59 Å². The zero-order valence-electron chi connectivity index (χ0n) is 12.6. The molecule has 0 saturated carbocycles. The van der Waals surface area contributed by atoms with E-state index in [1.807, 2.05) is 13.0 Å². The van der Waals surface area contributed by atoms with Crippen LogP contribution < -0.4 is 10.9 Å². The van der Waals surface area contributed by atoms with Crippen LogP contribution in [0, 0.1) is 6.92 Å². The predicted octanol–water partition coefficient (Wildman–Crippen LogP) is 0.359. The number of carboxylic acid groups (broad SMARTS) is 1. The fourth-order valence-corrected chi connectivity index (χ4v) is 2.21. The van der Waals surface area contributed by atoms with Crippen molar-refractivity contribution >= 4 is 24.5 Å². The van der Waals surface area contributed by atoms with Crippen LogP contribution in [0.1, 0.15) is 16.1 Å². The molecule has 0 aliphatic carbocycles. The molecular weight excluding hydrogens is 334 g/mol. The van der Waals surface area contributed by atoms with Crippen molar-refractivity contribution < 1.29 is 19.8 Å². The van der Waals surface area contributed by atoms with Crippen molar-refractivity contribution in [3.8, 4) is 11.4 Å². The van der Waals surface area contributed by atoms with E-state index in [0.717, 1.165) is 16.3 Å². The summed E-state index contributed by atoms with van der Waals surface area (Å²) in [4.78, 5) is 35.1. The summed E-state index contributed by atoms with van der Waals surface area (Å²) >= 11 is 3.84. The first-order valence-electron chi connectivity index (χ1n) is 6.88. The smallest absolute Gasteiger partial charge is 0.327 e. The van der Waals surface area contributed by atoms with Gasteiger partial charge in [-0.25, -0.2) is 4.79 Å². The lowest BCUT2D eigenvalue weighted by atomic mass is 10.2. The molecule has 2 rings (SSSR count). The Morgan fingerprint density at radius 2 is 2.08 bits per heavy atom. The van der Waals surface area contributed by atoms with Gasteiger partial charge in [-0.15, -0.1) is 0 Å². The molecule has 0 radical (unpaired) electrons. The van der Waals surface area contributed by atoms with Gasteiger partial charge in [0.15, 0.2) is 11.4 Å². The highest BCUT2D eigenvalue weighted by Gasteiger charge is 2.23. The first-order chi connectivity index (χ1) is 11.3. The van der Waals surface area contributed by atoms with E-state index in [2.05, 4.69) is 23.0 Å². The van der Waals surface area contributed by atoms with E-state index < -0.39 is 34.9 Å². The topological polar surface area (TPSA) is 122 Å². The Labute approximate surface area is 142 Å². The Bertz CT molecular complexity index is 849. The highest BCUT2D eigenvalue weighted by molar-refractivity contribution is 7.80. The highest BCUT2D eigenvalue weighted by Crippen LogP contribution is 2.13. The third kappa shape index (κ3) is 3.74. The molecule has 1 unspecified atom stereocenters. The zero-order valence-corrected chi connectivity index (χ0v) is 13.5. The molecule has 1 heterocycles. The number of thiol groups is 1. The van der Waals surface area contributed by atoms with Crippen LogP contribution in [0.5, 0.6) is 5.75 Å². The average molecular weight is 349 g/mol. The van der Waals surface area contributed by atoms with Crippen LogP contribution in [0.15, 0.2) is 35.1 Å². The third-order valence-corrected chi connectivity index (χ3v) is 3.52. The van der Waals surface area contributed by atoms with E-state index in [1.54, 1.807) is 18.2 Å². The van der Waals surface area contributed by atoms with E-state index >= 15 is 0 Å². The number of hydrogen-bond acceptors (Lipinski definition) is 6. The van der Waals surface area contributed by atoms with Crippen LogP contribution in [0.3, 0.4) is 0 Å². The van der Waals surface area contributed by atoms with Crippen molar-refractivity contribution in [1.82, 2.24) is 15.1 Å². The van der Waals surface area contributed by atoms with Crippen LogP contribution in [0.4, 0.5) is 0 Å². The highest BCUT2D eigenvalue weighted by atomic mass is 32.1. The molecule has 1 atom stereocenters. The molecule has 1 aromatic heterocycles. The van der Waals surface area contributed by atoms with Crippen molar-refractivity contribution in [3.63, 3.8) is 0 Å². The molecular formula is C15H15N3O5S. The molecule has 126 valence electrons. The van der Waals surface area contributed by atoms with E-state index in [-0.39, 0.29) is 5.75 Å². The number of aromatic hydroxyl groups is 1. The molecule has 0 saturated heterocycles. The number of aromatic nitrogens is 2. The third-order valence-electron chi connectivity index (χ3n) is 3.16. The van der Waals surface area contributed by atoms with E-state index in [9.17, 15) is 19.5 Å². The van der Waals surface area contributed by atoms with Gasteiger partial charge >= 0.3 is 5.97 Å². The Hall–Kier alpha value is -2.81. The van der Waals surface area contributed by atoms with E-state index in [1.165, 1.54) is 0 Å². The predicted molar refractivity (Wildman–Crippen MR) is 89.0 cm³/mol. The number of amides is 1. The van der Waals surface area contributed by atoms with Gasteiger partial charge in [0, 0.05) is 11.8 Å². The van der Waals surface area contributed by atoms with Crippen LogP contribution in [-0.4, -0.2) is 43.7 Å². The number of aryl methyl sites for hydroxylation is 1. The molecule has 3 N–H and O–H groups in total. The van der Waals surface area contributed by atoms with Gasteiger partial charge in [-0.2, -0.15) is 22.4 Å². The molecule has 0 fully saturated rings. The van der Waals surface area contributed by atoms with Crippen molar-refractivity contribution in [2.24, 2.45) is 0 Å². The second-order valence-corrected chi connectivity index (χ2v) is 5.38. The van der Waals surface area contributed by atoms with Crippen LogP contribution in [-0.2, 0) is 4.79 Å². The van der Waals surface area contributed by atoms with Gasteiger partial charge < -0.3 is 15.5 Å². The number of nitrogens with zero attached hydrogens (tertiary/aromatic N) is 2. The fourth-order valence-electron chi connectivity index (χ4n) is 1.97. The summed E-state index contributed by atoms with van der Waals surface area (Å²) in [5.74, 6) is -2.97. The van der Waals surface area contributed by atoms with Gasteiger partial charge in [0.25, 0.3) is 11.5 Å². The van der Waals surface area contributed by atoms with Crippen LogP contribution in [0.25, 0.3) is 5.69 Å². The summed E-state index contributed by atoms with van der Waals surface area (Å²) in [6.07, 6.45) is 0. The number of carbonyl (C=O) groups is 2. The Balaban J connectivity index is 2.45. The molecule has 24 heavy (non-hydrogen) atoms. The lowest BCUT2D eigenvalue weighted by Gasteiger charge is -2.13. The normalized spacial score (nSPS) is 11.8. The van der Waals surface area contributed by atoms with Gasteiger partial charge in [-0.05, 0) is 24.6 Å². The summed E-state index contributed by atoms with van der Waals surface area (Å²) in [6.45, 7) is 1.83. The molecule has 1 aromatic carbocycles. The molecule has 8 nitrogen and oxygen atoms in total. The van der Waals surface area contributed by atoms with Crippen LogP contribution in [0.2, 0.25) is 0 Å². The lowest BCUT2D eigenvalue weighted by Crippen LogP contribution is -2.43. The van der Waals surface area contributed by atoms with E-state index in [4.69, 9.17) is 5.11 Å². The molecule has 0 aliphatic rings. The van der Waals surface area contributed by atoms with Crippen molar-refractivity contribution in [2.75, 3.05) is 5.75 Å². The number of carboxylic acids is 1. The molecule has 0 bridgehead atoms. The fraction of sp³-hybridized carbons (Fsp3) is 0.200. The maximum atomic E-state index is 12.2. The van der Waals surface area contributed by atoms with Gasteiger partial charge in [0.1, 0.15) is 6.04 Å². The van der Waals surface area contributed by atoms with E-state index in [0.29, 0.717) is 5.69 Å². The first-order valence-corrected chi connectivity index (χ1v) is 7.51. The lowest BCUT2D eigenvalue weighted by molar-refractivity contribution is -0.138. The number of benzene rings is 1. The SMILES string of the molecule is Cc1cccc(-n2nc(C(=O)NC(CS)C(=O)O)c(O)cc2=O)c1. The number of aliphatic carboxylic acids is 1. The standard InChI is InChI=1S/C15H15N3O5S/c1-8-3-2-4-9(5-8)18-12(20)6-11(19)13(17-18)14(21)16-10(7-24)15(22)23/h2-6,10,19,24H,7H2,1H3,(H,16,21)(H,22,23). The second kappa shape index (κ2) is 7.18. The number of rotatable bonds is 5. The average Bonchev–Trinajstić information content (AvgIpc) is 2.52. The minimum absolute atomic E-state index is 0.140. The molecule has 1 amide bonds. The first kappa shape index (κ1) is 17.5. The number of nitrogens with one attached hydrogen (secondary N) is 1. The maximum absolute atomic E-state index is 12.2.